The number of hydrogen-bond acceptors (Lipinski definition) is 2. The van der Waals surface area contributed by atoms with E-state index in [2.05, 4.69) is 11.6 Å². The average Bonchev–Trinajstić information content (AvgIpc) is 2.20. The van der Waals surface area contributed by atoms with Crippen LogP contribution in [0.2, 0.25) is 0 Å². The Labute approximate surface area is 93.0 Å². The van der Waals surface area contributed by atoms with Crippen LogP contribution in [-0.4, -0.2) is 11.6 Å². The Morgan fingerprint density at radius 2 is 2.07 bits per heavy atom. The summed E-state index contributed by atoms with van der Waals surface area (Å²) in [7, 11) is 0. The van der Waals surface area contributed by atoms with E-state index in [1.807, 2.05) is 45.9 Å². The van der Waals surface area contributed by atoms with Crippen molar-refractivity contribution in [3.05, 3.63) is 41.7 Å². The normalized spacial score (nSPS) is 9.07. The van der Waals surface area contributed by atoms with Crippen LogP contribution >= 0.6 is 0 Å². The highest BCUT2D eigenvalue weighted by atomic mass is 16.5. The SMILES string of the molecule is C=C(C)COCc1cccc(C)n1.CC. The molecule has 84 valence electrons. The fraction of sp³-hybridized carbons (Fsp3) is 0.462. The van der Waals surface area contributed by atoms with E-state index in [0.717, 1.165) is 17.0 Å². The molecule has 0 unspecified atom stereocenters. The van der Waals surface area contributed by atoms with Crippen LogP contribution in [0.15, 0.2) is 30.4 Å². The molecule has 0 N–H and O–H groups in total. The Morgan fingerprint density at radius 3 is 2.60 bits per heavy atom. The van der Waals surface area contributed by atoms with Crippen LogP contribution in [0.25, 0.3) is 0 Å². The van der Waals surface area contributed by atoms with Crippen molar-refractivity contribution in [1.29, 1.82) is 0 Å². The molecule has 15 heavy (non-hydrogen) atoms. The summed E-state index contributed by atoms with van der Waals surface area (Å²) in [5.74, 6) is 0. The molecule has 1 heterocycles. The van der Waals surface area contributed by atoms with Crippen molar-refractivity contribution in [1.82, 2.24) is 4.98 Å². The fourth-order valence-electron chi connectivity index (χ4n) is 1.01. The third-order valence-corrected chi connectivity index (χ3v) is 1.54. The zero-order valence-electron chi connectivity index (χ0n) is 10.2. The van der Waals surface area contributed by atoms with E-state index in [9.17, 15) is 0 Å². The van der Waals surface area contributed by atoms with Gasteiger partial charge in [-0.25, -0.2) is 0 Å². The Balaban J connectivity index is 0.000000921. The third kappa shape index (κ3) is 6.86. The molecule has 0 aliphatic heterocycles. The van der Waals surface area contributed by atoms with Crippen molar-refractivity contribution in [2.75, 3.05) is 6.61 Å². The van der Waals surface area contributed by atoms with E-state index in [1.54, 1.807) is 0 Å². The first-order valence-electron chi connectivity index (χ1n) is 5.33. The highest BCUT2D eigenvalue weighted by Crippen LogP contribution is 2.00. The number of aryl methyl sites for hydroxylation is 1. The van der Waals surface area contributed by atoms with Crippen molar-refractivity contribution < 1.29 is 4.74 Å². The maximum Gasteiger partial charge on any atom is 0.0892 e. The van der Waals surface area contributed by atoms with E-state index in [4.69, 9.17) is 4.74 Å². The molecule has 2 nitrogen and oxygen atoms in total. The van der Waals surface area contributed by atoms with Gasteiger partial charge in [0.1, 0.15) is 0 Å². The minimum Gasteiger partial charge on any atom is -0.371 e. The first-order valence-corrected chi connectivity index (χ1v) is 5.33. The van der Waals surface area contributed by atoms with Crippen molar-refractivity contribution >= 4 is 0 Å². The maximum atomic E-state index is 5.37. The second kappa shape index (κ2) is 8.18. The number of hydrogen-bond donors (Lipinski definition) is 0. The second-order valence-corrected chi connectivity index (χ2v) is 3.22. The standard InChI is InChI=1S/C11H15NO.C2H6/c1-9(2)7-13-8-11-6-4-5-10(3)12-11;1-2/h4-6H,1,7-8H2,2-3H3;1-2H3. The van der Waals surface area contributed by atoms with Crippen LogP contribution in [-0.2, 0) is 11.3 Å². The Morgan fingerprint density at radius 1 is 1.40 bits per heavy atom. The van der Waals surface area contributed by atoms with Gasteiger partial charge in [-0.3, -0.25) is 4.98 Å². The topological polar surface area (TPSA) is 22.1 Å². The van der Waals surface area contributed by atoms with Crippen molar-refractivity contribution in [3.8, 4) is 0 Å². The van der Waals surface area contributed by atoms with Gasteiger partial charge in [0, 0.05) is 5.69 Å². The number of aromatic nitrogens is 1. The van der Waals surface area contributed by atoms with Gasteiger partial charge in [0.25, 0.3) is 0 Å². The minimum absolute atomic E-state index is 0.564. The third-order valence-electron chi connectivity index (χ3n) is 1.54. The minimum atomic E-state index is 0.564. The van der Waals surface area contributed by atoms with Gasteiger partial charge in [0.15, 0.2) is 0 Å². The van der Waals surface area contributed by atoms with E-state index >= 15 is 0 Å². The molecule has 0 fully saturated rings. The first kappa shape index (κ1) is 13.8. The fourth-order valence-corrected chi connectivity index (χ4v) is 1.01. The molecular formula is C13H21NO. The molecule has 0 spiro atoms. The van der Waals surface area contributed by atoms with E-state index in [1.165, 1.54) is 0 Å². The summed E-state index contributed by atoms with van der Waals surface area (Å²) in [6.45, 7) is 12.9. The zero-order valence-corrected chi connectivity index (χ0v) is 10.2. The summed E-state index contributed by atoms with van der Waals surface area (Å²) in [4.78, 5) is 4.32. The van der Waals surface area contributed by atoms with Crippen LogP contribution in [0, 0.1) is 6.92 Å². The van der Waals surface area contributed by atoms with Gasteiger partial charge < -0.3 is 4.74 Å². The molecule has 0 atom stereocenters. The highest BCUT2D eigenvalue weighted by molar-refractivity contribution is 5.09. The van der Waals surface area contributed by atoms with Crippen molar-refractivity contribution in [2.24, 2.45) is 0 Å². The predicted molar refractivity (Wildman–Crippen MR) is 64.8 cm³/mol. The van der Waals surface area contributed by atoms with Crippen LogP contribution in [0.1, 0.15) is 32.2 Å². The van der Waals surface area contributed by atoms with Gasteiger partial charge in [0.2, 0.25) is 0 Å². The molecule has 1 aromatic heterocycles. The van der Waals surface area contributed by atoms with E-state index in [-0.39, 0.29) is 0 Å². The van der Waals surface area contributed by atoms with Crippen LogP contribution < -0.4 is 0 Å². The molecule has 0 saturated heterocycles. The van der Waals surface area contributed by atoms with Gasteiger partial charge >= 0.3 is 0 Å². The van der Waals surface area contributed by atoms with Gasteiger partial charge in [-0.15, -0.1) is 0 Å². The molecule has 1 rings (SSSR count). The van der Waals surface area contributed by atoms with Crippen LogP contribution in [0.3, 0.4) is 0 Å². The van der Waals surface area contributed by atoms with Crippen LogP contribution in [0.5, 0.6) is 0 Å². The lowest BCUT2D eigenvalue weighted by atomic mass is 10.3. The molecule has 0 amide bonds. The predicted octanol–water partition coefficient (Wildman–Crippen LogP) is 3.51. The molecule has 0 radical (unpaired) electrons. The molecule has 0 saturated carbocycles. The summed E-state index contributed by atoms with van der Waals surface area (Å²) in [5, 5.41) is 0. The molecule has 1 aromatic rings. The first-order chi connectivity index (χ1) is 7.18. The highest BCUT2D eigenvalue weighted by Gasteiger charge is 1.94. The van der Waals surface area contributed by atoms with Gasteiger partial charge in [-0.2, -0.15) is 0 Å². The summed E-state index contributed by atoms with van der Waals surface area (Å²) in [5.41, 5.74) is 3.03. The number of nitrogens with zero attached hydrogens (tertiary/aromatic N) is 1. The Kier molecular flexibility index (Phi) is 7.56. The van der Waals surface area contributed by atoms with Crippen molar-refractivity contribution in [3.63, 3.8) is 0 Å². The average molecular weight is 207 g/mol. The monoisotopic (exact) mass is 207 g/mol. The number of pyridine rings is 1. The van der Waals surface area contributed by atoms with Gasteiger partial charge in [0.05, 0.1) is 18.9 Å². The quantitative estimate of drug-likeness (QED) is 0.705. The largest absolute Gasteiger partial charge is 0.371 e. The summed E-state index contributed by atoms with van der Waals surface area (Å²) in [6.07, 6.45) is 0. The van der Waals surface area contributed by atoms with Crippen LogP contribution in [0.4, 0.5) is 0 Å². The lowest BCUT2D eigenvalue weighted by Gasteiger charge is -2.03. The summed E-state index contributed by atoms with van der Waals surface area (Å²) < 4.78 is 5.37. The zero-order chi connectivity index (χ0) is 11.7. The maximum absolute atomic E-state index is 5.37. The summed E-state index contributed by atoms with van der Waals surface area (Å²) >= 11 is 0. The number of ether oxygens (including phenoxy) is 1. The van der Waals surface area contributed by atoms with E-state index < -0.39 is 0 Å². The Bertz CT molecular complexity index is 294. The van der Waals surface area contributed by atoms with Gasteiger partial charge in [-0.05, 0) is 26.0 Å². The molecule has 0 aliphatic rings. The molecular weight excluding hydrogens is 186 g/mol. The molecule has 2 heteroatoms. The van der Waals surface area contributed by atoms with Gasteiger partial charge in [-0.1, -0.05) is 32.1 Å². The second-order valence-electron chi connectivity index (χ2n) is 3.22. The molecule has 0 aromatic carbocycles. The lowest BCUT2D eigenvalue weighted by molar-refractivity contribution is 0.140. The summed E-state index contributed by atoms with van der Waals surface area (Å²) in [6, 6.07) is 5.93. The molecule has 0 aliphatic carbocycles. The lowest BCUT2D eigenvalue weighted by Crippen LogP contribution is -1.98. The number of rotatable bonds is 4. The Hall–Kier alpha value is -1.15. The van der Waals surface area contributed by atoms with Crippen molar-refractivity contribution in [2.45, 2.75) is 34.3 Å². The smallest absolute Gasteiger partial charge is 0.0892 e. The van der Waals surface area contributed by atoms with E-state index in [0.29, 0.717) is 13.2 Å². The molecule has 0 bridgehead atoms.